The van der Waals surface area contributed by atoms with Crippen LogP contribution in [0.25, 0.3) is 0 Å². The van der Waals surface area contributed by atoms with Gasteiger partial charge in [0.2, 0.25) is 6.54 Å². The minimum Gasteiger partial charge on any atom is -0.315 e. The Hall–Kier alpha value is -2.76. The molecule has 0 aliphatic heterocycles. The van der Waals surface area contributed by atoms with Crippen LogP contribution in [0.15, 0.2) is 42.6 Å². The van der Waals surface area contributed by atoms with Crippen molar-refractivity contribution in [2.75, 3.05) is 5.32 Å². The number of pyridine rings is 1. The third-order valence-corrected chi connectivity index (χ3v) is 3.30. The number of nitro groups is 1. The van der Waals surface area contributed by atoms with Crippen molar-refractivity contribution in [3.63, 3.8) is 0 Å². The fraction of sp³-hybridized carbons (Fsp3) is 0.200. The smallest absolute Gasteiger partial charge is 0.292 e. The van der Waals surface area contributed by atoms with Gasteiger partial charge in [0.25, 0.3) is 11.6 Å². The summed E-state index contributed by atoms with van der Waals surface area (Å²) in [7, 11) is 0. The fourth-order valence-electron chi connectivity index (χ4n) is 2.00. The van der Waals surface area contributed by atoms with Crippen molar-refractivity contribution in [3.8, 4) is 0 Å². The van der Waals surface area contributed by atoms with Crippen molar-refractivity contribution < 1.29 is 14.3 Å². The topological polar surface area (TPSA) is 76.1 Å². The molecule has 0 saturated carbocycles. The molecule has 6 nitrogen and oxygen atoms in total. The van der Waals surface area contributed by atoms with E-state index in [0.29, 0.717) is 0 Å². The van der Waals surface area contributed by atoms with Gasteiger partial charge in [0.1, 0.15) is 5.69 Å². The minimum atomic E-state index is -0.513. The summed E-state index contributed by atoms with van der Waals surface area (Å²) in [5.74, 6) is -0.303. The molecule has 0 spiro atoms. The lowest BCUT2D eigenvalue weighted by Crippen LogP contribution is -2.43. The van der Waals surface area contributed by atoms with Gasteiger partial charge < -0.3 is 5.32 Å². The third-order valence-electron chi connectivity index (χ3n) is 3.30. The molecule has 21 heavy (non-hydrogen) atoms. The first-order chi connectivity index (χ1) is 9.99. The van der Waals surface area contributed by atoms with E-state index in [1.54, 1.807) is 22.9 Å². The molecular weight excluding hydrogens is 270 g/mol. The van der Waals surface area contributed by atoms with Crippen molar-refractivity contribution in [3.05, 3.63) is 64.0 Å². The molecule has 1 aromatic carbocycles. The number of hydrogen-bond acceptors (Lipinski definition) is 3. The zero-order valence-corrected chi connectivity index (χ0v) is 11.9. The van der Waals surface area contributed by atoms with Crippen LogP contribution < -0.4 is 9.88 Å². The van der Waals surface area contributed by atoms with Crippen molar-refractivity contribution >= 4 is 17.3 Å². The van der Waals surface area contributed by atoms with E-state index in [-0.39, 0.29) is 23.8 Å². The molecule has 0 aliphatic carbocycles. The van der Waals surface area contributed by atoms with E-state index in [1.165, 1.54) is 12.1 Å². The van der Waals surface area contributed by atoms with Crippen LogP contribution in [0, 0.1) is 24.0 Å². The Morgan fingerprint density at radius 2 is 1.95 bits per heavy atom. The maximum Gasteiger partial charge on any atom is 0.292 e. The SMILES string of the molecule is Cc1ccc[n+](CC(=O)Nc2ccccc2[N+](=O)[O-])c1C. The molecule has 0 radical (unpaired) electrons. The van der Waals surface area contributed by atoms with Crippen LogP contribution in [-0.4, -0.2) is 10.8 Å². The number of hydrogen-bond donors (Lipinski definition) is 1. The van der Waals surface area contributed by atoms with E-state index in [9.17, 15) is 14.9 Å². The molecular formula is C15H16N3O3+. The number of anilines is 1. The Morgan fingerprint density at radius 1 is 1.24 bits per heavy atom. The first-order valence-electron chi connectivity index (χ1n) is 6.48. The summed E-state index contributed by atoms with van der Waals surface area (Å²) in [6.07, 6.45) is 1.81. The lowest BCUT2D eigenvalue weighted by Gasteiger charge is -2.05. The highest BCUT2D eigenvalue weighted by molar-refractivity contribution is 5.92. The van der Waals surface area contributed by atoms with Gasteiger partial charge >= 0.3 is 0 Å². The number of nitro benzene ring substituents is 1. The largest absolute Gasteiger partial charge is 0.315 e. The minimum absolute atomic E-state index is 0.111. The zero-order valence-electron chi connectivity index (χ0n) is 11.9. The normalized spacial score (nSPS) is 10.2. The van der Waals surface area contributed by atoms with Gasteiger partial charge in [0, 0.05) is 24.6 Å². The van der Waals surface area contributed by atoms with Crippen molar-refractivity contribution in [2.45, 2.75) is 20.4 Å². The van der Waals surface area contributed by atoms with Crippen LogP contribution >= 0.6 is 0 Å². The van der Waals surface area contributed by atoms with Crippen LogP contribution in [0.5, 0.6) is 0 Å². The Labute approximate surface area is 122 Å². The Kier molecular flexibility index (Phi) is 4.27. The van der Waals surface area contributed by atoms with Gasteiger partial charge in [0.05, 0.1) is 4.92 Å². The first kappa shape index (κ1) is 14.6. The van der Waals surface area contributed by atoms with Crippen LogP contribution in [0.3, 0.4) is 0 Å². The number of carbonyl (C=O) groups excluding carboxylic acids is 1. The summed E-state index contributed by atoms with van der Waals surface area (Å²) in [5.41, 5.74) is 2.15. The summed E-state index contributed by atoms with van der Waals surface area (Å²) in [6, 6.07) is 9.91. The maximum atomic E-state index is 12.1. The van der Waals surface area contributed by atoms with E-state index in [2.05, 4.69) is 5.32 Å². The highest BCUT2D eigenvalue weighted by atomic mass is 16.6. The molecule has 1 heterocycles. The number of nitrogens with one attached hydrogen (secondary N) is 1. The summed E-state index contributed by atoms with van der Waals surface area (Å²) in [4.78, 5) is 22.5. The number of aryl methyl sites for hydroxylation is 1. The van der Waals surface area contributed by atoms with E-state index in [0.717, 1.165) is 11.3 Å². The molecule has 0 saturated heterocycles. The predicted octanol–water partition coefficient (Wildman–Crippen LogP) is 2.14. The molecule has 0 fully saturated rings. The van der Waals surface area contributed by atoms with E-state index in [1.807, 2.05) is 26.0 Å². The average molecular weight is 286 g/mol. The lowest BCUT2D eigenvalue weighted by atomic mass is 10.2. The second kappa shape index (κ2) is 6.13. The van der Waals surface area contributed by atoms with Crippen molar-refractivity contribution in [2.24, 2.45) is 0 Å². The van der Waals surface area contributed by atoms with Crippen LogP contribution in [0.2, 0.25) is 0 Å². The second-order valence-corrected chi connectivity index (χ2v) is 4.73. The number of carbonyl (C=O) groups is 1. The van der Waals surface area contributed by atoms with E-state index in [4.69, 9.17) is 0 Å². The van der Waals surface area contributed by atoms with Gasteiger partial charge in [-0.3, -0.25) is 14.9 Å². The molecule has 1 aromatic heterocycles. The molecule has 0 unspecified atom stereocenters. The number of para-hydroxylation sites is 2. The number of amides is 1. The Balaban J connectivity index is 2.16. The molecule has 0 atom stereocenters. The van der Waals surface area contributed by atoms with Crippen molar-refractivity contribution in [1.29, 1.82) is 0 Å². The standard InChI is InChI=1S/C15H15N3O3/c1-11-6-5-9-17(12(11)2)10-15(19)16-13-7-3-4-8-14(13)18(20)21/h3-9H,10H2,1-2H3/p+1. The average Bonchev–Trinajstić information content (AvgIpc) is 2.44. The maximum absolute atomic E-state index is 12.1. The molecule has 2 aromatic rings. The number of rotatable bonds is 4. The summed E-state index contributed by atoms with van der Waals surface area (Å²) in [6.45, 7) is 4.00. The van der Waals surface area contributed by atoms with Gasteiger partial charge in [-0.25, -0.2) is 0 Å². The summed E-state index contributed by atoms with van der Waals surface area (Å²) >= 11 is 0. The zero-order chi connectivity index (χ0) is 15.4. The fourth-order valence-corrected chi connectivity index (χ4v) is 2.00. The summed E-state index contributed by atoms with van der Waals surface area (Å²) in [5, 5.41) is 13.5. The summed E-state index contributed by atoms with van der Waals surface area (Å²) < 4.78 is 1.80. The molecule has 0 aliphatic rings. The van der Waals surface area contributed by atoms with Gasteiger partial charge in [-0.2, -0.15) is 4.57 Å². The van der Waals surface area contributed by atoms with E-state index < -0.39 is 4.92 Å². The van der Waals surface area contributed by atoms with Crippen molar-refractivity contribution in [1.82, 2.24) is 0 Å². The molecule has 108 valence electrons. The first-order valence-corrected chi connectivity index (χ1v) is 6.48. The quantitative estimate of drug-likeness (QED) is 0.531. The highest BCUT2D eigenvalue weighted by Crippen LogP contribution is 2.22. The molecule has 1 N–H and O–H groups in total. The molecule has 1 amide bonds. The Bertz CT molecular complexity index is 698. The van der Waals surface area contributed by atoms with Gasteiger partial charge in [-0.15, -0.1) is 0 Å². The molecule has 0 bridgehead atoms. The van der Waals surface area contributed by atoms with Gasteiger partial charge in [0.15, 0.2) is 11.9 Å². The molecule has 2 rings (SSSR count). The predicted molar refractivity (Wildman–Crippen MR) is 77.8 cm³/mol. The van der Waals surface area contributed by atoms with Crippen LogP contribution in [0.1, 0.15) is 11.3 Å². The Morgan fingerprint density at radius 3 is 2.67 bits per heavy atom. The lowest BCUT2D eigenvalue weighted by molar-refractivity contribution is -0.690. The van der Waals surface area contributed by atoms with Gasteiger partial charge in [-0.1, -0.05) is 12.1 Å². The third kappa shape index (κ3) is 3.42. The monoisotopic (exact) mass is 286 g/mol. The number of aromatic nitrogens is 1. The second-order valence-electron chi connectivity index (χ2n) is 4.73. The number of nitrogens with zero attached hydrogens (tertiary/aromatic N) is 2. The van der Waals surface area contributed by atoms with Crippen LogP contribution in [-0.2, 0) is 11.3 Å². The molecule has 6 heteroatoms. The highest BCUT2D eigenvalue weighted by Gasteiger charge is 2.18. The van der Waals surface area contributed by atoms with Crippen LogP contribution in [0.4, 0.5) is 11.4 Å². The number of benzene rings is 1. The van der Waals surface area contributed by atoms with E-state index >= 15 is 0 Å². The van der Waals surface area contributed by atoms with Gasteiger partial charge in [-0.05, 0) is 19.1 Å².